The second-order valence-electron chi connectivity index (χ2n) is 6.32. The lowest BCUT2D eigenvalue weighted by molar-refractivity contribution is -0.128. The Morgan fingerprint density at radius 3 is 2.79 bits per heavy atom. The Balaban J connectivity index is 1.81. The van der Waals surface area contributed by atoms with Crippen LogP contribution in [0.15, 0.2) is 41.1 Å². The number of carbonyl (C=O) groups is 2. The Morgan fingerprint density at radius 1 is 1.25 bits per heavy atom. The molecule has 28 heavy (non-hydrogen) atoms. The lowest BCUT2D eigenvalue weighted by atomic mass is 10.1. The summed E-state index contributed by atoms with van der Waals surface area (Å²) in [4.78, 5) is 24.9. The summed E-state index contributed by atoms with van der Waals surface area (Å²) in [6.07, 6.45) is 2.52. The highest BCUT2D eigenvalue weighted by Gasteiger charge is 2.20. The van der Waals surface area contributed by atoms with Crippen LogP contribution in [0.2, 0.25) is 0 Å². The van der Waals surface area contributed by atoms with E-state index in [0.29, 0.717) is 23.7 Å². The molecule has 0 unspecified atom stereocenters. The highest BCUT2D eigenvalue weighted by molar-refractivity contribution is 7.99. The van der Waals surface area contributed by atoms with Crippen molar-refractivity contribution in [1.29, 1.82) is 0 Å². The molecule has 1 atom stereocenters. The number of unbranched alkanes of at least 4 members (excludes halogenated alkanes) is 1. The molecule has 0 bridgehead atoms. The van der Waals surface area contributed by atoms with E-state index in [0.717, 1.165) is 18.6 Å². The molecule has 1 amide bonds. The van der Waals surface area contributed by atoms with Gasteiger partial charge in [-0.15, -0.1) is 11.8 Å². The molecule has 2 rings (SSSR count). The average molecular weight is 422 g/mol. The van der Waals surface area contributed by atoms with Gasteiger partial charge in [-0.3, -0.25) is 9.59 Å². The van der Waals surface area contributed by atoms with Crippen molar-refractivity contribution in [2.24, 2.45) is 0 Å². The molecule has 2 aromatic rings. The molecule has 0 saturated carbocycles. The number of thiophene rings is 1. The summed E-state index contributed by atoms with van der Waals surface area (Å²) in [5, 5.41) is 6.96. The van der Waals surface area contributed by atoms with E-state index in [-0.39, 0.29) is 18.3 Å². The van der Waals surface area contributed by atoms with Gasteiger partial charge in [0, 0.05) is 11.8 Å². The molecule has 1 aromatic carbocycles. The number of Topliss-reactive ketones (excluding diaryl/α,β-unsaturated/α-hetero) is 1. The first kappa shape index (κ1) is 22.3. The van der Waals surface area contributed by atoms with Crippen LogP contribution >= 0.6 is 23.1 Å². The zero-order chi connectivity index (χ0) is 20.2. The van der Waals surface area contributed by atoms with Crippen LogP contribution in [0, 0.1) is 0 Å². The molecule has 5 nitrogen and oxygen atoms in total. The molecule has 0 spiro atoms. The lowest BCUT2D eigenvalue weighted by Gasteiger charge is -2.17. The van der Waals surface area contributed by atoms with E-state index in [1.807, 2.05) is 5.38 Å². The zero-order valence-corrected chi connectivity index (χ0v) is 17.9. The molecule has 152 valence electrons. The van der Waals surface area contributed by atoms with Crippen molar-refractivity contribution >= 4 is 34.8 Å². The number of ketones is 1. The number of amides is 1. The van der Waals surface area contributed by atoms with E-state index < -0.39 is 6.04 Å². The van der Waals surface area contributed by atoms with E-state index in [1.54, 1.807) is 54.5 Å². The minimum Gasteiger partial charge on any atom is -0.497 e. The highest BCUT2D eigenvalue weighted by Crippen LogP contribution is 2.19. The molecule has 0 saturated heterocycles. The standard InChI is InChI=1S/C21H27NO4S2/c1-3-4-8-19(20(23)15-28-14-16-9-10-27-13-16)22-21(24)12-26-18-7-5-6-17(11-18)25-2/h5-7,9-11,13,19H,3-4,8,12,14-15H2,1-2H3,(H,22,24)/t19-/m0/s1. The van der Waals surface area contributed by atoms with Crippen LogP contribution in [0.5, 0.6) is 11.5 Å². The predicted octanol–water partition coefficient (Wildman–Crippen LogP) is 4.31. The number of benzene rings is 1. The Morgan fingerprint density at radius 2 is 2.07 bits per heavy atom. The van der Waals surface area contributed by atoms with Crippen molar-refractivity contribution in [1.82, 2.24) is 5.32 Å². The zero-order valence-electron chi connectivity index (χ0n) is 16.3. The van der Waals surface area contributed by atoms with E-state index in [4.69, 9.17) is 9.47 Å². The summed E-state index contributed by atoms with van der Waals surface area (Å²) in [5.74, 6) is 2.18. The van der Waals surface area contributed by atoms with Crippen molar-refractivity contribution in [3.05, 3.63) is 46.7 Å². The quantitative estimate of drug-likeness (QED) is 0.522. The third-order valence-electron chi connectivity index (χ3n) is 4.07. The van der Waals surface area contributed by atoms with E-state index in [9.17, 15) is 9.59 Å². The third-order valence-corrected chi connectivity index (χ3v) is 5.83. The fraction of sp³-hybridized carbons (Fsp3) is 0.429. The molecule has 0 aliphatic rings. The van der Waals surface area contributed by atoms with Crippen LogP contribution in [0.3, 0.4) is 0 Å². The summed E-state index contributed by atoms with van der Waals surface area (Å²) < 4.78 is 10.7. The maximum Gasteiger partial charge on any atom is 0.258 e. The van der Waals surface area contributed by atoms with Crippen molar-refractivity contribution in [3.63, 3.8) is 0 Å². The van der Waals surface area contributed by atoms with Crippen molar-refractivity contribution in [2.45, 2.75) is 38.0 Å². The number of methoxy groups -OCH3 is 1. The number of carbonyl (C=O) groups excluding carboxylic acids is 2. The maximum atomic E-state index is 12.6. The molecule has 0 aliphatic carbocycles. The smallest absolute Gasteiger partial charge is 0.258 e. The van der Waals surface area contributed by atoms with Crippen LogP contribution in [-0.2, 0) is 15.3 Å². The van der Waals surface area contributed by atoms with Gasteiger partial charge in [-0.05, 0) is 40.9 Å². The largest absolute Gasteiger partial charge is 0.497 e. The van der Waals surface area contributed by atoms with Crippen molar-refractivity contribution in [2.75, 3.05) is 19.5 Å². The Bertz CT molecular complexity index is 734. The number of nitrogens with one attached hydrogen (secondary N) is 1. The minimum absolute atomic E-state index is 0.0587. The molecule has 7 heteroatoms. The third kappa shape index (κ3) is 7.94. The first-order valence-corrected chi connectivity index (χ1v) is 11.4. The van der Waals surface area contributed by atoms with E-state index in [1.165, 1.54) is 5.56 Å². The normalized spacial score (nSPS) is 11.6. The maximum absolute atomic E-state index is 12.6. The number of thioether (sulfide) groups is 1. The van der Waals surface area contributed by atoms with Crippen LogP contribution in [0.4, 0.5) is 0 Å². The van der Waals surface area contributed by atoms with E-state index in [2.05, 4.69) is 23.7 Å². The number of hydrogen-bond donors (Lipinski definition) is 1. The first-order chi connectivity index (χ1) is 13.6. The summed E-state index contributed by atoms with van der Waals surface area (Å²) in [6.45, 7) is 1.94. The molecule has 1 N–H and O–H groups in total. The Labute approximate surface area is 174 Å². The molecule has 1 aromatic heterocycles. The SMILES string of the molecule is CCCC[C@H](NC(=O)COc1cccc(OC)c1)C(=O)CSCc1ccsc1. The van der Waals surface area contributed by atoms with Gasteiger partial charge in [0.05, 0.1) is 18.9 Å². The number of hydrogen-bond acceptors (Lipinski definition) is 6. The molecular formula is C21H27NO4S2. The highest BCUT2D eigenvalue weighted by atomic mass is 32.2. The van der Waals surface area contributed by atoms with Gasteiger partial charge in [0.2, 0.25) is 0 Å². The number of ether oxygens (including phenoxy) is 2. The van der Waals surface area contributed by atoms with Gasteiger partial charge < -0.3 is 14.8 Å². The lowest BCUT2D eigenvalue weighted by Crippen LogP contribution is -2.43. The summed E-state index contributed by atoms with van der Waals surface area (Å²) in [7, 11) is 1.58. The molecule has 0 radical (unpaired) electrons. The summed E-state index contributed by atoms with van der Waals surface area (Å²) in [5.41, 5.74) is 1.23. The molecule has 0 fully saturated rings. The number of rotatable bonds is 13. The van der Waals surface area contributed by atoms with Gasteiger partial charge in [0.25, 0.3) is 5.91 Å². The van der Waals surface area contributed by atoms with Crippen LogP contribution in [-0.4, -0.2) is 37.2 Å². The monoisotopic (exact) mass is 421 g/mol. The molecule has 0 aliphatic heterocycles. The van der Waals surface area contributed by atoms with Crippen LogP contribution in [0.25, 0.3) is 0 Å². The van der Waals surface area contributed by atoms with Gasteiger partial charge in [-0.1, -0.05) is 25.8 Å². The van der Waals surface area contributed by atoms with Gasteiger partial charge in [0.1, 0.15) is 11.5 Å². The molecular weight excluding hydrogens is 394 g/mol. The second-order valence-corrected chi connectivity index (χ2v) is 8.09. The second kappa shape index (κ2) is 12.5. The van der Waals surface area contributed by atoms with Gasteiger partial charge in [0.15, 0.2) is 12.4 Å². The topological polar surface area (TPSA) is 64.6 Å². The minimum atomic E-state index is -0.462. The average Bonchev–Trinajstić information content (AvgIpc) is 3.23. The predicted molar refractivity (Wildman–Crippen MR) is 115 cm³/mol. The van der Waals surface area contributed by atoms with Gasteiger partial charge in [-0.2, -0.15) is 11.3 Å². The summed E-state index contributed by atoms with van der Waals surface area (Å²) in [6, 6.07) is 8.68. The summed E-state index contributed by atoms with van der Waals surface area (Å²) >= 11 is 3.24. The fourth-order valence-corrected chi connectivity index (χ4v) is 4.24. The van der Waals surface area contributed by atoms with Gasteiger partial charge >= 0.3 is 0 Å². The first-order valence-electron chi connectivity index (χ1n) is 9.30. The van der Waals surface area contributed by atoms with Gasteiger partial charge in [-0.25, -0.2) is 0 Å². The van der Waals surface area contributed by atoms with E-state index >= 15 is 0 Å². The Hall–Kier alpha value is -1.99. The van der Waals surface area contributed by atoms with Crippen LogP contribution in [0.1, 0.15) is 31.7 Å². The molecule has 1 heterocycles. The Kier molecular flexibility index (Phi) is 9.93. The van der Waals surface area contributed by atoms with Crippen LogP contribution < -0.4 is 14.8 Å². The fourth-order valence-electron chi connectivity index (χ4n) is 2.54. The van der Waals surface area contributed by atoms with Crippen molar-refractivity contribution in [3.8, 4) is 11.5 Å². The van der Waals surface area contributed by atoms with Crippen molar-refractivity contribution < 1.29 is 19.1 Å².